The second kappa shape index (κ2) is 5.81. The van der Waals surface area contributed by atoms with Crippen molar-refractivity contribution >= 4 is 60.5 Å². The number of hydrogen-bond acceptors (Lipinski definition) is 3. The van der Waals surface area contributed by atoms with E-state index < -0.39 is 10.0 Å². The molecule has 0 radical (unpaired) electrons. The van der Waals surface area contributed by atoms with E-state index in [9.17, 15) is 8.42 Å². The van der Waals surface area contributed by atoms with E-state index >= 15 is 0 Å². The Bertz CT molecular complexity index is 766. The summed E-state index contributed by atoms with van der Waals surface area (Å²) < 4.78 is 27.7. The molecule has 0 aliphatic heterocycles. The quantitative estimate of drug-likeness (QED) is 0.767. The van der Waals surface area contributed by atoms with Crippen LogP contribution in [-0.4, -0.2) is 8.42 Å². The van der Waals surface area contributed by atoms with Gasteiger partial charge in [0, 0.05) is 9.50 Å². The highest BCUT2D eigenvalue weighted by Crippen LogP contribution is 2.30. The maximum absolute atomic E-state index is 12.3. The zero-order valence-electron chi connectivity index (χ0n) is 9.90. The first-order valence-electron chi connectivity index (χ1n) is 5.32. The molecule has 0 amide bonds. The van der Waals surface area contributed by atoms with Gasteiger partial charge in [0.05, 0.1) is 16.4 Å². The van der Waals surface area contributed by atoms with Gasteiger partial charge in [-0.3, -0.25) is 4.72 Å². The van der Waals surface area contributed by atoms with Crippen molar-refractivity contribution < 1.29 is 8.42 Å². The molecular formula is C12H9BrCl2N2O2S. The van der Waals surface area contributed by atoms with Crippen molar-refractivity contribution in [3.8, 4) is 0 Å². The molecule has 0 saturated heterocycles. The van der Waals surface area contributed by atoms with Crippen LogP contribution in [0.5, 0.6) is 0 Å². The van der Waals surface area contributed by atoms with Gasteiger partial charge in [0.25, 0.3) is 10.0 Å². The summed E-state index contributed by atoms with van der Waals surface area (Å²) in [5.41, 5.74) is 6.04. The predicted octanol–water partition coefficient (Wildman–Crippen LogP) is 4.14. The largest absolute Gasteiger partial charge is 0.398 e. The molecule has 0 fully saturated rings. The van der Waals surface area contributed by atoms with Gasteiger partial charge in [-0.25, -0.2) is 8.42 Å². The van der Waals surface area contributed by atoms with Crippen molar-refractivity contribution in [1.29, 1.82) is 0 Å². The molecule has 2 aromatic carbocycles. The van der Waals surface area contributed by atoms with Gasteiger partial charge in [-0.2, -0.15) is 0 Å². The second-order valence-corrected chi connectivity index (χ2v) is 7.32. The minimum absolute atomic E-state index is 0.0935. The lowest BCUT2D eigenvalue weighted by Gasteiger charge is -2.11. The van der Waals surface area contributed by atoms with Gasteiger partial charge >= 0.3 is 0 Å². The van der Waals surface area contributed by atoms with Crippen LogP contribution in [0.15, 0.2) is 45.8 Å². The number of halogens is 3. The van der Waals surface area contributed by atoms with Crippen molar-refractivity contribution in [2.24, 2.45) is 0 Å². The van der Waals surface area contributed by atoms with Gasteiger partial charge in [0.1, 0.15) is 4.90 Å². The van der Waals surface area contributed by atoms with Crippen LogP contribution >= 0.6 is 39.1 Å². The molecule has 0 aliphatic rings. The number of hydrogen-bond donors (Lipinski definition) is 2. The first kappa shape index (κ1) is 15.4. The number of nitrogens with one attached hydrogen (secondary N) is 1. The molecule has 0 heterocycles. The van der Waals surface area contributed by atoms with E-state index in [4.69, 9.17) is 28.9 Å². The highest BCUT2D eigenvalue weighted by molar-refractivity contribution is 9.10. The van der Waals surface area contributed by atoms with Gasteiger partial charge in [-0.1, -0.05) is 39.1 Å². The number of sulfonamides is 1. The molecule has 0 aromatic heterocycles. The lowest BCUT2D eigenvalue weighted by atomic mass is 10.3. The van der Waals surface area contributed by atoms with Gasteiger partial charge in [-0.05, 0) is 36.4 Å². The van der Waals surface area contributed by atoms with Gasteiger partial charge in [-0.15, -0.1) is 0 Å². The molecule has 0 aliphatic carbocycles. The van der Waals surface area contributed by atoms with E-state index in [2.05, 4.69) is 20.7 Å². The van der Waals surface area contributed by atoms with Gasteiger partial charge < -0.3 is 5.73 Å². The third kappa shape index (κ3) is 3.38. The molecule has 2 rings (SSSR count). The Morgan fingerprint density at radius 1 is 1.10 bits per heavy atom. The Morgan fingerprint density at radius 3 is 2.45 bits per heavy atom. The molecule has 106 valence electrons. The Balaban J connectivity index is 2.43. The Hall–Kier alpha value is -0.950. The maximum Gasteiger partial charge on any atom is 0.264 e. The van der Waals surface area contributed by atoms with Crippen LogP contribution in [0.2, 0.25) is 10.0 Å². The van der Waals surface area contributed by atoms with Crippen molar-refractivity contribution in [3.05, 3.63) is 50.9 Å². The van der Waals surface area contributed by atoms with Crippen molar-refractivity contribution in [1.82, 2.24) is 0 Å². The topological polar surface area (TPSA) is 72.2 Å². The normalized spacial score (nSPS) is 11.3. The summed E-state index contributed by atoms with van der Waals surface area (Å²) >= 11 is 15.0. The van der Waals surface area contributed by atoms with E-state index in [-0.39, 0.29) is 26.3 Å². The van der Waals surface area contributed by atoms with E-state index in [1.807, 2.05) is 0 Å². The number of rotatable bonds is 3. The maximum atomic E-state index is 12.3. The second-order valence-electron chi connectivity index (χ2n) is 3.91. The third-order valence-electron chi connectivity index (χ3n) is 2.44. The van der Waals surface area contributed by atoms with Crippen molar-refractivity contribution in [2.45, 2.75) is 4.90 Å². The highest BCUT2D eigenvalue weighted by Gasteiger charge is 2.19. The molecule has 0 saturated carbocycles. The minimum atomic E-state index is -3.86. The van der Waals surface area contributed by atoms with Crippen LogP contribution in [0.3, 0.4) is 0 Å². The first-order chi connectivity index (χ1) is 9.29. The summed E-state index contributed by atoms with van der Waals surface area (Å²) in [6, 6.07) is 9.03. The fourth-order valence-corrected chi connectivity index (χ4v) is 3.76. The molecule has 0 atom stereocenters. The molecular weight excluding hydrogens is 387 g/mol. The smallest absolute Gasteiger partial charge is 0.264 e. The Kier molecular flexibility index (Phi) is 4.49. The first-order valence-corrected chi connectivity index (χ1v) is 8.36. The fraction of sp³-hybridized carbons (Fsp3) is 0. The van der Waals surface area contributed by atoms with Crippen LogP contribution < -0.4 is 10.5 Å². The Labute approximate surface area is 135 Å². The van der Waals surface area contributed by atoms with Crippen LogP contribution in [0.1, 0.15) is 0 Å². The summed E-state index contributed by atoms with van der Waals surface area (Å²) in [7, 11) is -3.86. The molecule has 2 aromatic rings. The third-order valence-corrected chi connectivity index (χ3v) is 4.90. The standard InChI is InChI=1S/C12H9BrCl2N2O2S/c13-7-1-4-11(9(15)5-7)17-20(18,19)12-6-8(14)2-3-10(12)16/h1-6,17H,16H2. The summed E-state index contributed by atoms with van der Waals surface area (Å²) in [5, 5.41) is 0.546. The summed E-state index contributed by atoms with van der Waals surface area (Å²) in [4.78, 5) is -0.0935. The number of anilines is 2. The van der Waals surface area contributed by atoms with Gasteiger partial charge in [0.2, 0.25) is 0 Å². The zero-order chi connectivity index (χ0) is 14.9. The molecule has 0 bridgehead atoms. The van der Waals surface area contributed by atoms with Crippen LogP contribution in [0, 0.1) is 0 Å². The average molecular weight is 396 g/mol. The number of nitrogens with two attached hydrogens (primary N) is 1. The minimum Gasteiger partial charge on any atom is -0.398 e. The molecule has 4 nitrogen and oxygen atoms in total. The lowest BCUT2D eigenvalue weighted by Crippen LogP contribution is -2.15. The summed E-state index contributed by atoms with van der Waals surface area (Å²) in [6.45, 7) is 0. The van der Waals surface area contributed by atoms with E-state index in [1.54, 1.807) is 18.2 Å². The van der Waals surface area contributed by atoms with Crippen LogP contribution in [0.25, 0.3) is 0 Å². The fourth-order valence-electron chi connectivity index (χ4n) is 1.51. The van der Waals surface area contributed by atoms with Crippen molar-refractivity contribution in [2.75, 3.05) is 10.5 Å². The average Bonchev–Trinajstić information content (AvgIpc) is 2.35. The van der Waals surface area contributed by atoms with E-state index in [0.29, 0.717) is 0 Å². The number of benzene rings is 2. The number of nitrogen functional groups attached to an aromatic ring is 1. The molecule has 0 unspecified atom stereocenters. The summed E-state index contributed by atoms with van der Waals surface area (Å²) in [5.74, 6) is 0. The van der Waals surface area contributed by atoms with E-state index in [0.717, 1.165) is 4.47 Å². The monoisotopic (exact) mass is 394 g/mol. The summed E-state index contributed by atoms with van der Waals surface area (Å²) in [6.07, 6.45) is 0. The lowest BCUT2D eigenvalue weighted by molar-refractivity contribution is 0.601. The van der Waals surface area contributed by atoms with E-state index in [1.165, 1.54) is 18.2 Å². The Morgan fingerprint density at radius 2 is 1.80 bits per heavy atom. The van der Waals surface area contributed by atoms with Gasteiger partial charge in [0.15, 0.2) is 0 Å². The molecule has 3 N–H and O–H groups in total. The van der Waals surface area contributed by atoms with Crippen molar-refractivity contribution in [3.63, 3.8) is 0 Å². The predicted molar refractivity (Wildman–Crippen MR) is 85.8 cm³/mol. The zero-order valence-corrected chi connectivity index (χ0v) is 13.8. The van der Waals surface area contributed by atoms with Crippen LogP contribution in [-0.2, 0) is 10.0 Å². The van der Waals surface area contributed by atoms with Crippen LogP contribution in [0.4, 0.5) is 11.4 Å². The molecule has 0 spiro atoms. The highest BCUT2D eigenvalue weighted by atomic mass is 79.9. The SMILES string of the molecule is Nc1ccc(Cl)cc1S(=O)(=O)Nc1ccc(Br)cc1Cl. The molecule has 8 heteroatoms. The molecule has 20 heavy (non-hydrogen) atoms.